The van der Waals surface area contributed by atoms with Crippen LogP contribution in [0.1, 0.15) is 284 Å². The van der Waals surface area contributed by atoms with E-state index in [4.69, 9.17) is 14.2 Å². The lowest BCUT2D eigenvalue weighted by Gasteiger charge is -2.18. The summed E-state index contributed by atoms with van der Waals surface area (Å²) in [6, 6.07) is 0. The second-order valence-electron chi connectivity index (χ2n) is 20.2. The van der Waals surface area contributed by atoms with Gasteiger partial charge in [0, 0.05) is 19.3 Å². The van der Waals surface area contributed by atoms with Gasteiger partial charge in [0.1, 0.15) is 13.2 Å². The molecule has 0 heterocycles. The second-order valence-corrected chi connectivity index (χ2v) is 20.2. The highest BCUT2D eigenvalue weighted by Gasteiger charge is 2.19. The number of carbonyl (C=O) groups excluding carboxylic acids is 3. The molecule has 0 aromatic rings. The topological polar surface area (TPSA) is 78.9 Å². The number of esters is 3. The van der Waals surface area contributed by atoms with Gasteiger partial charge in [-0.25, -0.2) is 0 Å². The highest BCUT2D eigenvalue weighted by molar-refractivity contribution is 5.71. The second kappa shape index (κ2) is 61.6. The van der Waals surface area contributed by atoms with Gasteiger partial charge in [0.05, 0.1) is 0 Å². The summed E-state index contributed by atoms with van der Waals surface area (Å²) in [5.74, 6) is -0.943. The van der Waals surface area contributed by atoms with Gasteiger partial charge >= 0.3 is 17.9 Å². The van der Waals surface area contributed by atoms with Gasteiger partial charge in [-0.1, -0.05) is 246 Å². The van der Waals surface area contributed by atoms with Gasteiger partial charge < -0.3 is 14.2 Å². The van der Waals surface area contributed by atoms with E-state index in [2.05, 4.69) is 130 Å². The molecule has 6 heteroatoms. The maximum absolute atomic E-state index is 12.9. The van der Waals surface area contributed by atoms with E-state index >= 15 is 0 Å². The monoisotopic (exact) mass is 1030 g/mol. The lowest BCUT2D eigenvalue weighted by Crippen LogP contribution is -2.30. The Kier molecular flexibility index (Phi) is 58.3. The molecule has 0 saturated heterocycles. The first kappa shape index (κ1) is 70.1. The Morgan fingerprint density at radius 3 is 0.851 bits per heavy atom. The predicted molar refractivity (Wildman–Crippen MR) is 320 cm³/mol. The van der Waals surface area contributed by atoms with Gasteiger partial charge in [-0.05, 0) is 128 Å². The number of rotatable bonds is 55. The molecule has 0 aliphatic carbocycles. The van der Waals surface area contributed by atoms with Crippen LogP contribution in [0.3, 0.4) is 0 Å². The molecule has 0 aromatic carbocycles. The minimum absolute atomic E-state index is 0.0969. The molecule has 6 nitrogen and oxygen atoms in total. The normalized spacial score (nSPS) is 12.9. The van der Waals surface area contributed by atoms with E-state index in [9.17, 15) is 14.4 Å². The zero-order chi connectivity index (χ0) is 53.6. The minimum atomic E-state index is -0.802. The molecule has 1 atom stereocenters. The van der Waals surface area contributed by atoms with Crippen molar-refractivity contribution in [1.29, 1.82) is 0 Å². The molecule has 1 unspecified atom stereocenters. The molecule has 0 N–H and O–H groups in total. The Hall–Kier alpha value is -3.93. The van der Waals surface area contributed by atoms with E-state index < -0.39 is 6.10 Å². The summed E-state index contributed by atoms with van der Waals surface area (Å²) in [5.41, 5.74) is 0. The van der Waals surface area contributed by atoms with Crippen molar-refractivity contribution in [1.82, 2.24) is 0 Å². The van der Waals surface area contributed by atoms with Crippen molar-refractivity contribution in [2.24, 2.45) is 0 Å². The average molecular weight is 1030 g/mol. The summed E-state index contributed by atoms with van der Waals surface area (Å²) in [6.45, 7) is 6.49. The van der Waals surface area contributed by atoms with Gasteiger partial charge in [-0.3, -0.25) is 14.4 Å². The van der Waals surface area contributed by atoms with Crippen LogP contribution in [0, 0.1) is 0 Å². The number of carbonyl (C=O) groups is 3. The van der Waals surface area contributed by atoms with Crippen LogP contribution in [0.2, 0.25) is 0 Å². The molecule has 0 radical (unpaired) electrons. The number of unbranched alkanes of at least 4 members (excludes halogenated alkanes) is 26. The van der Waals surface area contributed by atoms with Crippen LogP contribution in [0.25, 0.3) is 0 Å². The van der Waals surface area contributed by atoms with Gasteiger partial charge in [0.25, 0.3) is 0 Å². The lowest BCUT2D eigenvalue weighted by molar-refractivity contribution is -0.167. The molecule has 0 aliphatic rings. The minimum Gasteiger partial charge on any atom is -0.462 e. The van der Waals surface area contributed by atoms with E-state index in [1.165, 1.54) is 116 Å². The van der Waals surface area contributed by atoms with Gasteiger partial charge in [-0.2, -0.15) is 0 Å². The summed E-state index contributed by atoms with van der Waals surface area (Å²) >= 11 is 0. The van der Waals surface area contributed by atoms with E-state index in [-0.39, 0.29) is 31.1 Å². The van der Waals surface area contributed by atoms with Crippen LogP contribution in [0.15, 0.2) is 109 Å². The Morgan fingerprint density at radius 2 is 0.527 bits per heavy atom. The third-order valence-electron chi connectivity index (χ3n) is 13.0. The fourth-order valence-corrected chi connectivity index (χ4v) is 8.35. The summed E-state index contributed by atoms with van der Waals surface area (Å²) < 4.78 is 16.9. The first-order valence-corrected chi connectivity index (χ1v) is 30.9. The van der Waals surface area contributed by atoms with Crippen molar-refractivity contribution in [3.05, 3.63) is 109 Å². The smallest absolute Gasteiger partial charge is 0.306 e. The van der Waals surface area contributed by atoms with Gasteiger partial charge in [-0.15, -0.1) is 0 Å². The largest absolute Gasteiger partial charge is 0.462 e. The third kappa shape index (κ3) is 59.0. The first-order chi connectivity index (χ1) is 36.5. The molecular formula is C68H114O6. The quantitative estimate of drug-likeness (QED) is 0.0261. The third-order valence-corrected chi connectivity index (χ3v) is 13.0. The zero-order valence-corrected chi connectivity index (χ0v) is 48.3. The van der Waals surface area contributed by atoms with Crippen LogP contribution in [-0.2, 0) is 28.6 Å². The fraction of sp³-hybridized carbons (Fsp3) is 0.691. The Balaban J connectivity index is 4.45. The number of hydrogen-bond acceptors (Lipinski definition) is 6. The Bertz CT molecular complexity index is 1510. The van der Waals surface area contributed by atoms with Crippen molar-refractivity contribution in [2.75, 3.05) is 13.2 Å². The summed E-state index contributed by atoms with van der Waals surface area (Å²) in [5, 5.41) is 0. The van der Waals surface area contributed by atoms with Crippen LogP contribution in [0.4, 0.5) is 0 Å². The molecule has 0 rings (SSSR count). The average Bonchev–Trinajstić information content (AvgIpc) is 3.40. The van der Waals surface area contributed by atoms with Crippen molar-refractivity contribution < 1.29 is 28.6 Å². The molecule has 0 bridgehead atoms. The highest BCUT2D eigenvalue weighted by Crippen LogP contribution is 2.14. The van der Waals surface area contributed by atoms with Crippen LogP contribution in [0.5, 0.6) is 0 Å². The molecule has 422 valence electrons. The molecule has 0 aliphatic heterocycles. The summed E-state index contributed by atoms with van der Waals surface area (Å²) in [7, 11) is 0. The van der Waals surface area contributed by atoms with Crippen LogP contribution < -0.4 is 0 Å². The van der Waals surface area contributed by atoms with Gasteiger partial charge in [0.2, 0.25) is 0 Å². The Morgan fingerprint density at radius 1 is 0.284 bits per heavy atom. The first-order valence-electron chi connectivity index (χ1n) is 30.9. The standard InChI is InChI=1S/C68H114O6/c1-4-7-10-13-16-19-22-25-28-30-31-32-33-34-35-36-37-38-41-43-46-49-52-55-58-61-67(70)73-64-65(63-72-66(69)60-57-54-51-48-45-42-39-27-24-21-18-15-12-9-6-3)74-68(71)62-59-56-53-50-47-44-40-29-26-23-20-17-14-11-8-5-2/h7,10,16,19,25,27-29,31-32,34-35,37-40,43,46,65H,4-6,8-9,11-15,17-18,20-24,26,30,33,36,41-42,44-45,47-64H2,1-3H3/b10-7-,19-16-,28-25-,32-31-,35-34-,38-37-,39-27-,40-29-,46-43-. The summed E-state index contributed by atoms with van der Waals surface area (Å²) in [4.78, 5) is 38.2. The molecule has 0 spiro atoms. The van der Waals surface area contributed by atoms with Crippen molar-refractivity contribution in [2.45, 2.75) is 290 Å². The molecule has 0 aromatic heterocycles. The van der Waals surface area contributed by atoms with Crippen LogP contribution in [-0.4, -0.2) is 37.2 Å². The lowest BCUT2D eigenvalue weighted by atomic mass is 10.1. The fourth-order valence-electron chi connectivity index (χ4n) is 8.35. The highest BCUT2D eigenvalue weighted by atomic mass is 16.6. The summed E-state index contributed by atoms with van der Waals surface area (Å²) in [6.07, 6.45) is 83.7. The van der Waals surface area contributed by atoms with E-state index in [1.807, 2.05) is 0 Å². The van der Waals surface area contributed by atoms with E-state index in [0.717, 1.165) is 128 Å². The molecule has 0 amide bonds. The number of allylic oxidation sites excluding steroid dienone is 18. The van der Waals surface area contributed by atoms with Gasteiger partial charge in [0.15, 0.2) is 6.10 Å². The van der Waals surface area contributed by atoms with Crippen molar-refractivity contribution in [3.8, 4) is 0 Å². The van der Waals surface area contributed by atoms with Crippen molar-refractivity contribution >= 4 is 17.9 Å². The molecule has 0 fully saturated rings. The number of ether oxygens (including phenoxy) is 3. The van der Waals surface area contributed by atoms with E-state index in [1.54, 1.807) is 0 Å². The molecule has 74 heavy (non-hydrogen) atoms. The Labute approximate surface area is 457 Å². The molecular weight excluding hydrogens is 913 g/mol. The molecule has 0 saturated carbocycles. The predicted octanol–water partition coefficient (Wildman–Crippen LogP) is 21.0. The van der Waals surface area contributed by atoms with E-state index in [0.29, 0.717) is 19.3 Å². The maximum atomic E-state index is 12.9. The maximum Gasteiger partial charge on any atom is 0.306 e. The zero-order valence-electron chi connectivity index (χ0n) is 48.3. The van der Waals surface area contributed by atoms with Crippen LogP contribution >= 0.6 is 0 Å². The SMILES string of the molecule is CC/C=C\C/C=C\C/C=C\C/C=C\C/C=C\C/C=C\C/C=C\CCCCCC(=O)OCC(COC(=O)CCCCCCC/C=C\CCCCCCCC)OC(=O)CCCCCCC/C=C\CCCCCCCCC. The van der Waals surface area contributed by atoms with Crippen molar-refractivity contribution in [3.63, 3.8) is 0 Å². The number of hydrogen-bond donors (Lipinski definition) is 0.